The maximum absolute atomic E-state index is 12.4. The average molecular weight is 446 g/mol. The minimum absolute atomic E-state index is 0.113. The number of nitrogens with zero attached hydrogens (tertiary/aromatic N) is 1. The lowest BCUT2D eigenvalue weighted by molar-refractivity contribution is -0.134. The first-order valence-corrected chi connectivity index (χ1v) is 10.0. The van der Waals surface area contributed by atoms with Crippen LogP contribution in [-0.2, 0) is 4.79 Å². The predicted octanol–water partition coefficient (Wildman–Crippen LogP) is 2.30. The first-order valence-electron chi connectivity index (χ1n) is 10.0. The van der Waals surface area contributed by atoms with Crippen LogP contribution in [0.2, 0.25) is 0 Å². The summed E-state index contributed by atoms with van der Waals surface area (Å²) in [7, 11) is 0. The quantitative estimate of drug-likeness (QED) is 0.194. The van der Waals surface area contributed by atoms with Gasteiger partial charge in [0.25, 0.3) is 17.7 Å². The summed E-state index contributed by atoms with van der Waals surface area (Å²) in [5.41, 5.74) is -0.255. The van der Waals surface area contributed by atoms with Gasteiger partial charge in [-0.1, -0.05) is 18.2 Å². The minimum Gasteiger partial charge on any atom is -0.426 e. The molecule has 0 aliphatic carbocycles. The largest absolute Gasteiger partial charge is 0.426 e. The molecule has 0 radical (unpaired) electrons. The number of hydrogen-bond donors (Lipinski definition) is 1. The van der Waals surface area contributed by atoms with E-state index in [1.807, 2.05) is 0 Å². The lowest BCUT2D eigenvalue weighted by atomic mass is 10.1. The summed E-state index contributed by atoms with van der Waals surface area (Å²) in [4.78, 5) is 62.2. The molecule has 0 unspecified atom stereocenters. The Morgan fingerprint density at radius 3 is 2.39 bits per heavy atom. The Labute approximate surface area is 187 Å². The van der Waals surface area contributed by atoms with Gasteiger partial charge in [-0.15, -0.1) is 6.58 Å². The molecule has 1 aliphatic rings. The van der Waals surface area contributed by atoms with Crippen LogP contribution >= 0.6 is 0 Å². The van der Waals surface area contributed by atoms with E-state index in [1.165, 1.54) is 30.3 Å². The molecule has 1 aromatic heterocycles. The molecule has 0 atom stereocenters. The summed E-state index contributed by atoms with van der Waals surface area (Å²) in [5, 5.41) is 2.96. The van der Waals surface area contributed by atoms with Crippen LogP contribution < -0.4 is 15.7 Å². The molecule has 166 valence electrons. The van der Waals surface area contributed by atoms with E-state index < -0.39 is 29.3 Å². The lowest BCUT2D eigenvalue weighted by Crippen LogP contribution is -2.32. The number of esters is 1. The van der Waals surface area contributed by atoms with Crippen molar-refractivity contribution in [2.45, 2.75) is 6.42 Å². The predicted molar refractivity (Wildman–Crippen MR) is 117 cm³/mol. The second kappa shape index (κ2) is 8.91. The van der Waals surface area contributed by atoms with Crippen molar-refractivity contribution < 1.29 is 28.3 Å². The highest BCUT2D eigenvalue weighted by Gasteiger charge is 2.35. The van der Waals surface area contributed by atoms with Crippen molar-refractivity contribution >= 4 is 34.7 Å². The normalized spacial score (nSPS) is 12.5. The van der Waals surface area contributed by atoms with Crippen LogP contribution in [0.3, 0.4) is 0 Å². The van der Waals surface area contributed by atoms with Gasteiger partial charge in [-0.2, -0.15) is 0 Å². The van der Waals surface area contributed by atoms with Crippen LogP contribution in [0.5, 0.6) is 5.75 Å². The van der Waals surface area contributed by atoms with Crippen LogP contribution in [0.25, 0.3) is 11.0 Å². The van der Waals surface area contributed by atoms with Gasteiger partial charge in [-0.3, -0.25) is 24.1 Å². The number of imide groups is 1. The smallest absolute Gasteiger partial charge is 0.349 e. The summed E-state index contributed by atoms with van der Waals surface area (Å²) < 4.78 is 10.5. The first-order chi connectivity index (χ1) is 15.9. The van der Waals surface area contributed by atoms with E-state index in [1.54, 1.807) is 24.3 Å². The topological polar surface area (TPSA) is 123 Å². The van der Waals surface area contributed by atoms with Crippen LogP contribution in [0.4, 0.5) is 0 Å². The van der Waals surface area contributed by atoms with E-state index >= 15 is 0 Å². The van der Waals surface area contributed by atoms with Gasteiger partial charge in [0, 0.05) is 24.5 Å². The van der Waals surface area contributed by atoms with Gasteiger partial charge in [-0.25, -0.2) is 4.79 Å². The average Bonchev–Trinajstić information content (AvgIpc) is 3.05. The van der Waals surface area contributed by atoms with Crippen molar-refractivity contribution in [3.05, 3.63) is 88.3 Å². The summed E-state index contributed by atoms with van der Waals surface area (Å²) >= 11 is 0. The minimum atomic E-state index is -0.835. The van der Waals surface area contributed by atoms with E-state index in [0.29, 0.717) is 16.5 Å². The molecule has 0 spiro atoms. The van der Waals surface area contributed by atoms with Crippen molar-refractivity contribution in [1.82, 2.24) is 10.2 Å². The number of nitrogens with one attached hydrogen (secondary N) is 1. The Bertz CT molecular complexity index is 1340. The fourth-order valence-electron chi connectivity index (χ4n) is 3.40. The number of rotatable bonds is 7. The van der Waals surface area contributed by atoms with Gasteiger partial charge in [0.05, 0.1) is 17.5 Å². The van der Waals surface area contributed by atoms with Crippen molar-refractivity contribution in [2.24, 2.45) is 0 Å². The highest BCUT2D eigenvalue weighted by Crippen LogP contribution is 2.23. The number of ether oxygens (including phenoxy) is 1. The molecule has 0 saturated heterocycles. The number of hydrogen-bond acceptors (Lipinski definition) is 7. The molecule has 0 saturated carbocycles. The van der Waals surface area contributed by atoms with E-state index in [0.717, 1.165) is 4.90 Å². The number of benzene rings is 2. The molecule has 1 aliphatic heterocycles. The van der Waals surface area contributed by atoms with E-state index in [2.05, 4.69) is 11.9 Å². The Kier molecular flexibility index (Phi) is 5.86. The standard InChI is InChI=1S/C24H18N2O7/c1-2-10-25-21(28)18-12-14-7-8-15(13-19(14)33-24(18)31)32-20(27)9-11-26-22(29)16-5-3-4-6-17(16)23(26)30/h2-8,12-13H,1,9-11H2,(H,25,28). The molecule has 0 fully saturated rings. The zero-order chi connectivity index (χ0) is 23.5. The molecular weight excluding hydrogens is 428 g/mol. The molecule has 2 heterocycles. The van der Waals surface area contributed by atoms with Crippen molar-refractivity contribution in [3.8, 4) is 5.75 Å². The SMILES string of the molecule is C=CCNC(=O)c1cc2ccc(OC(=O)CCN3C(=O)c4ccccc4C3=O)cc2oc1=O. The summed E-state index contributed by atoms with van der Waals surface area (Å²) in [6, 6.07) is 12.2. The van der Waals surface area contributed by atoms with Crippen molar-refractivity contribution in [2.75, 3.05) is 13.1 Å². The van der Waals surface area contributed by atoms with Crippen molar-refractivity contribution in [3.63, 3.8) is 0 Å². The number of carbonyl (C=O) groups excluding carboxylic acids is 4. The van der Waals surface area contributed by atoms with E-state index in [-0.39, 0.29) is 36.4 Å². The third-order valence-corrected chi connectivity index (χ3v) is 5.01. The molecule has 4 rings (SSSR count). The molecule has 9 heteroatoms. The first kappa shape index (κ1) is 21.7. The molecule has 0 bridgehead atoms. The Morgan fingerprint density at radius 1 is 1.03 bits per heavy atom. The second-order valence-corrected chi connectivity index (χ2v) is 7.18. The lowest BCUT2D eigenvalue weighted by Gasteiger charge is -2.13. The van der Waals surface area contributed by atoms with Gasteiger partial charge in [0.15, 0.2) is 0 Å². The Hall–Kier alpha value is -4.53. The number of carbonyl (C=O) groups is 4. The highest BCUT2D eigenvalue weighted by atomic mass is 16.5. The van der Waals surface area contributed by atoms with E-state index in [4.69, 9.17) is 9.15 Å². The molecule has 3 amide bonds. The van der Waals surface area contributed by atoms with Crippen LogP contribution in [-0.4, -0.2) is 41.7 Å². The maximum atomic E-state index is 12.4. The van der Waals surface area contributed by atoms with Gasteiger partial charge < -0.3 is 14.5 Å². The fourth-order valence-corrected chi connectivity index (χ4v) is 3.40. The van der Waals surface area contributed by atoms with Gasteiger partial charge in [-0.05, 0) is 30.3 Å². The highest BCUT2D eigenvalue weighted by molar-refractivity contribution is 6.21. The van der Waals surface area contributed by atoms with Crippen LogP contribution in [0.15, 0.2) is 70.4 Å². The maximum Gasteiger partial charge on any atom is 0.349 e. The molecule has 1 N–H and O–H groups in total. The Morgan fingerprint density at radius 2 is 1.73 bits per heavy atom. The summed E-state index contributed by atoms with van der Waals surface area (Å²) in [6.45, 7) is 3.56. The molecule has 2 aromatic carbocycles. The number of fused-ring (bicyclic) bond motifs is 2. The van der Waals surface area contributed by atoms with Crippen molar-refractivity contribution in [1.29, 1.82) is 0 Å². The Balaban J connectivity index is 1.42. The summed E-state index contributed by atoms with van der Waals surface area (Å²) in [6.07, 6.45) is 1.27. The zero-order valence-electron chi connectivity index (χ0n) is 17.3. The second-order valence-electron chi connectivity index (χ2n) is 7.18. The fraction of sp³-hybridized carbons (Fsp3) is 0.125. The number of amides is 3. The van der Waals surface area contributed by atoms with E-state index in [9.17, 15) is 24.0 Å². The van der Waals surface area contributed by atoms with Crippen LogP contribution in [0, 0.1) is 0 Å². The third-order valence-electron chi connectivity index (χ3n) is 5.01. The van der Waals surface area contributed by atoms with Gasteiger partial charge in [0.2, 0.25) is 0 Å². The zero-order valence-corrected chi connectivity index (χ0v) is 17.3. The monoisotopic (exact) mass is 446 g/mol. The molecular formula is C24H18N2O7. The molecule has 3 aromatic rings. The summed E-state index contributed by atoms with van der Waals surface area (Å²) in [5.74, 6) is -2.06. The molecule has 9 nitrogen and oxygen atoms in total. The van der Waals surface area contributed by atoms with Gasteiger partial charge in [0.1, 0.15) is 16.9 Å². The molecule has 33 heavy (non-hydrogen) atoms. The third kappa shape index (κ3) is 4.29. The van der Waals surface area contributed by atoms with Crippen LogP contribution in [0.1, 0.15) is 37.5 Å². The van der Waals surface area contributed by atoms with Gasteiger partial charge >= 0.3 is 11.6 Å².